The maximum Gasteiger partial charge on any atom is 0.317 e. The topological polar surface area (TPSA) is 148 Å². The fraction of sp³-hybridized carbons (Fsp3) is 0.500. The lowest BCUT2D eigenvalue weighted by Crippen LogP contribution is -2.40. The van der Waals surface area contributed by atoms with Gasteiger partial charge >= 0.3 is 5.97 Å². The van der Waals surface area contributed by atoms with Gasteiger partial charge in [0.15, 0.2) is 5.84 Å². The van der Waals surface area contributed by atoms with Crippen molar-refractivity contribution < 1.29 is 19.5 Å². The average Bonchev–Trinajstić information content (AvgIpc) is 2.64. The molecule has 0 radical (unpaired) electrons. The maximum absolute atomic E-state index is 11.0. The molecule has 0 aromatic rings. The number of carbonyl (C=O) groups is 3. The summed E-state index contributed by atoms with van der Waals surface area (Å²) < 4.78 is 0. The molecular formula is C8H14N4O4. The van der Waals surface area contributed by atoms with Crippen molar-refractivity contribution in [1.29, 1.82) is 0 Å². The van der Waals surface area contributed by atoms with Crippen molar-refractivity contribution in [2.75, 3.05) is 13.1 Å². The molecule has 16 heavy (non-hydrogen) atoms. The highest BCUT2D eigenvalue weighted by Gasteiger charge is 2.22. The van der Waals surface area contributed by atoms with E-state index in [1.54, 1.807) is 6.92 Å². The number of ketones is 1. The predicted molar refractivity (Wildman–Crippen MR) is 55.8 cm³/mol. The summed E-state index contributed by atoms with van der Waals surface area (Å²) >= 11 is 0. The van der Waals surface area contributed by atoms with Gasteiger partial charge in [0.1, 0.15) is 6.54 Å². The summed E-state index contributed by atoms with van der Waals surface area (Å²) in [5, 5.41) is 9.91. The predicted octanol–water partition coefficient (Wildman–Crippen LogP) is -2.54. The smallest absolute Gasteiger partial charge is 0.317 e. The second-order valence-corrected chi connectivity index (χ2v) is 2.96. The van der Waals surface area contributed by atoms with Crippen LogP contribution in [0.3, 0.4) is 0 Å². The van der Waals surface area contributed by atoms with Crippen molar-refractivity contribution >= 4 is 23.5 Å². The zero-order valence-corrected chi connectivity index (χ0v) is 8.77. The minimum Gasteiger partial charge on any atom is -0.480 e. The molecule has 1 aliphatic rings. The zero-order chi connectivity index (χ0) is 12.7. The van der Waals surface area contributed by atoms with Gasteiger partial charge < -0.3 is 21.9 Å². The van der Waals surface area contributed by atoms with E-state index < -0.39 is 12.0 Å². The van der Waals surface area contributed by atoms with Gasteiger partial charge in [0.25, 0.3) is 0 Å². The maximum atomic E-state index is 11.0. The first-order chi connectivity index (χ1) is 7.38. The first kappa shape index (κ1) is 14.2. The summed E-state index contributed by atoms with van der Waals surface area (Å²) in [5.74, 6) is -1.46. The van der Waals surface area contributed by atoms with Crippen LogP contribution < -0.4 is 16.8 Å². The van der Waals surface area contributed by atoms with Crippen molar-refractivity contribution in [2.45, 2.75) is 13.0 Å². The van der Waals surface area contributed by atoms with Crippen molar-refractivity contribution in [2.24, 2.45) is 16.5 Å². The lowest BCUT2D eigenvalue weighted by molar-refractivity contribution is -0.135. The van der Waals surface area contributed by atoms with E-state index in [1.807, 2.05) is 0 Å². The molecule has 6 N–H and O–H groups in total. The largest absolute Gasteiger partial charge is 0.480 e. The highest BCUT2D eigenvalue weighted by Crippen LogP contribution is 1.91. The molecule has 0 saturated carbocycles. The summed E-state index contributed by atoms with van der Waals surface area (Å²) in [6.45, 7) is 1.31. The number of hydrogen-bond donors (Lipinski definition) is 4. The molecule has 0 aromatic carbocycles. The van der Waals surface area contributed by atoms with E-state index in [-0.39, 0.29) is 30.6 Å². The molecular weight excluding hydrogens is 216 g/mol. The molecule has 0 saturated heterocycles. The van der Waals surface area contributed by atoms with E-state index in [1.165, 1.54) is 0 Å². The van der Waals surface area contributed by atoms with Gasteiger partial charge in [-0.15, -0.1) is 0 Å². The molecule has 8 heteroatoms. The molecule has 1 rings (SSSR count). The van der Waals surface area contributed by atoms with Crippen LogP contribution in [0, 0.1) is 0 Å². The Hall–Kier alpha value is -1.80. The van der Waals surface area contributed by atoms with E-state index in [9.17, 15) is 14.4 Å². The summed E-state index contributed by atoms with van der Waals surface area (Å²) in [6, 6.07) is -0.604. The number of carboxylic acid groups (broad SMARTS) is 1. The lowest BCUT2D eigenvalue weighted by Gasteiger charge is -2.02. The number of hydrogen-bond acceptors (Lipinski definition) is 6. The number of carbonyl (C=O) groups excluding carboxylic acids is 2. The Balaban J connectivity index is 0.000000385. The second-order valence-electron chi connectivity index (χ2n) is 2.96. The van der Waals surface area contributed by atoms with Crippen LogP contribution in [0.2, 0.25) is 0 Å². The van der Waals surface area contributed by atoms with Crippen molar-refractivity contribution in [3.05, 3.63) is 0 Å². The minimum absolute atomic E-state index is 0.0355. The number of amidine groups is 1. The molecule has 0 unspecified atom stereocenters. The summed E-state index contributed by atoms with van der Waals surface area (Å²) in [7, 11) is 0. The highest BCUT2D eigenvalue weighted by molar-refractivity contribution is 6.44. The molecule has 0 aromatic heterocycles. The van der Waals surface area contributed by atoms with E-state index in [0.717, 1.165) is 0 Å². The van der Waals surface area contributed by atoms with Gasteiger partial charge in [-0.05, 0) is 6.92 Å². The average molecular weight is 230 g/mol. The van der Waals surface area contributed by atoms with Gasteiger partial charge in [0, 0.05) is 0 Å². The number of amides is 1. The molecule has 1 aliphatic heterocycles. The van der Waals surface area contributed by atoms with Gasteiger partial charge in [-0.1, -0.05) is 0 Å². The Labute approximate surface area is 91.7 Å². The molecule has 0 aliphatic carbocycles. The SMILES string of the molecule is C[C@H](N)C(=O)C1=NCC(=O)N1.NCC(=O)O. The molecule has 1 atom stereocenters. The molecule has 1 amide bonds. The monoisotopic (exact) mass is 230 g/mol. The molecule has 0 spiro atoms. The van der Waals surface area contributed by atoms with Crippen molar-refractivity contribution in [3.63, 3.8) is 0 Å². The number of nitrogens with zero attached hydrogens (tertiary/aromatic N) is 1. The number of aliphatic imine (C=N–C) groups is 1. The molecule has 90 valence electrons. The third-order valence-electron chi connectivity index (χ3n) is 1.46. The number of carboxylic acids is 1. The van der Waals surface area contributed by atoms with Crippen LogP contribution in [-0.2, 0) is 14.4 Å². The molecule has 0 bridgehead atoms. The number of nitrogens with one attached hydrogen (secondary N) is 1. The number of Topliss-reactive ketones (excluding diaryl/α,β-unsaturated/α-hetero) is 1. The van der Waals surface area contributed by atoms with Gasteiger partial charge in [-0.2, -0.15) is 0 Å². The third-order valence-corrected chi connectivity index (χ3v) is 1.46. The number of aliphatic carboxylic acids is 1. The van der Waals surface area contributed by atoms with E-state index >= 15 is 0 Å². The molecule has 8 nitrogen and oxygen atoms in total. The summed E-state index contributed by atoms with van der Waals surface area (Å²) in [6.07, 6.45) is 0. The fourth-order valence-electron chi connectivity index (χ4n) is 0.717. The summed E-state index contributed by atoms with van der Waals surface area (Å²) in [5.41, 5.74) is 9.85. The standard InChI is InChI=1S/C6H9N3O2.C2H5NO2/c1-3(7)5(11)6-8-2-4(10)9-6;3-1-2(4)5/h3H,2,7H2,1H3,(H,8,9,10);1,3H2,(H,4,5)/t3-;/m0./s1. The number of rotatable bonds is 3. The van der Waals surface area contributed by atoms with E-state index in [0.29, 0.717) is 0 Å². The number of nitrogens with two attached hydrogens (primary N) is 2. The Morgan fingerprint density at radius 3 is 2.38 bits per heavy atom. The van der Waals surface area contributed by atoms with Gasteiger partial charge in [0.2, 0.25) is 11.7 Å². The van der Waals surface area contributed by atoms with Gasteiger partial charge in [-0.25, -0.2) is 0 Å². The molecule has 1 heterocycles. The minimum atomic E-state index is -0.968. The van der Waals surface area contributed by atoms with Gasteiger partial charge in [0.05, 0.1) is 12.6 Å². The van der Waals surface area contributed by atoms with Crippen LogP contribution in [-0.4, -0.2) is 47.7 Å². The lowest BCUT2D eigenvalue weighted by atomic mass is 10.2. The van der Waals surface area contributed by atoms with Gasteiger partial charge in [-0.3, -0.25) is 19.4 Å². The van der Waals surface area contributed by atoms with Crippen LogP contribution in [0.5, 0.6) is 0 Å². The van der Waals surface area contributed by atoms with E-state index in [4.69, 9.17) is 10.8 Å². The third kappa shape index (κ3) is 5.17. The highest BCUT2D eigenvalue weighted by atomic mass is 16.4. The Morgan fingerprint density at radius 1 is 1.62 bits per heavy atom. The Morgan fingerprint density at radius 2 is 2.12 bits per heavy atom. The Bertz CT molecular complexity index is 324. The van der Waals surface area contributed by atoms with Crippen molar-refractivity contribution in [1.82, 2.24) is 5.32 Å². The van der Waals surface area contributed by atoms with Crippen molar-refractivity contribution in [3.8, 4) is 0 Å². The van der Waals surface area contributed by atoms with Crippen LogP contribution in [0.15, 0.2) is 4.99 Å². The fourth-order valence-corrected chi connectivity index (χ4v) is 0.717. The normalized spacial score (nSPS) is 15.4. The first-order valence-electron chi connectivity index (χ1n) is 4.44. The second kappa shape index (κ2) is 6.64. The Kier molecular flexibility index (Phi) is 5.89. The first-order valence-corrected chi connectivity index (χ1v) is 4.44. The molecule has 0 fully saturated rings. The van der Waals surface area contributed by atoms with Crippen LogP contribution in [0.25, 0.3) is 0 Å². The zero-order valence-electron chi connectivity index (χ0n) is 8.77. The van der Waals surface area contributed by atoms with Crippen LogP contribution >= 0.6 is 0 Å². The van der Waals surface area contributed by atoms with E-state index in [2.05, 4.69) is 16.0 Å². The van der Waals surface area contributed by atoms with Crippen LogP contribution in [0.1, 0.15) is 6.92 Å². The van der Waals surface area contributed by atoms with Crippen LogP contribution in [0.4, 0.5) is 0 Å². The summed E-state index contributed by atoms with van der Waals surface area (Å²) in [4.78, 5) is 34.5. The quantitative estimate of drug-likeness (QED) is 0.420.